The van der Waals surface area contributed by atoms with E-state index in [1.54, 1.807) is 12.1 Å². The second-order valence-corrected chi connectivity index (χ2v) is 5.02. The Morgan fingerprint density at radius 2 is 2.35 bits per heavy atom. The van der Waals surface area contributed by atoms with Crippen molar-refractivity contribution in [1.29, 1.82) is 0 Å². The molecule has 94 valence electrons. The Morgan fingerprint density at radius 1 is 1.47 bits per heavy atom. The highest BCUT2D eigenvalue weighted by Gasteiger charge is 2.14. The molecule has 1 aliphatic rings. The van der Waals surface area contributed by atoms with Crippen LogP contribution in [0.3, 0.4) is 0 Å². The van der Waals surface area contributed by atoms with Crippen LogP contribution in [0.5, 0.6) is 0 Å². The molecule has 1 aliphatic heterocycles. The van der Waals surface area contributed by atoms with Crippen LogP contribution in [0.25, 0.3) is 0 Å². The van der Waals surface area contributed by atoms with E-state index in [1.807, 2.05) is 6.07 Å². The summed E-state index contributed by atoms with van der Waals surface area (Å²) in [6.45, 7) is 4.24. The van der Waals surface area contributed by atoms with E-state index in [9.17, 15) is 4.39 Å². The van der Waals surface area contributed by atoms with Crippen molar-refractivity contribution >= 4 is 0 Å². The zero-order chi connectivity index (χ0) is 12.1. The van der Waals surface area contributed by atoms with Gasteiger partial charge in [0.25, 0.3) is 0 Å². The highest BCUT2D eigenvalue weighted by atomic mass is 19.1. The fourth-order valence-electron chi connectivity index (χ4n) is 2.39. The Labute approximate surface area is 103 Å². The topological polar surface area (TPSA) is 15.3 Å². The first kappa shape index (κ1) is 12.5. The molecule has 1 atom stereocenters. The molecule has 17 heavy (non-hydrogen) atoms. The molecule has 2 nitrogen and oxygen atoms in total. The van der Waals surface area contributed by atoms with Crippen molar-refractivity contribution < 1.29 is 4.39 Å². The maximum Gasteiger partial charge on any atom is 0.123 e. The molecule has 0 saturated carbocycles. The molecule has 1 aromatic rings. The highest BCUT2D eigenvalue weighted by molar-refractivity contribution is 5.15. The molecule has 0 aliphatic carbocycles. The lowest BCUT2D eigenvalue weighted by Gasteiger charge is -2.18. The molecule has 1 fully saturated rings. The third-order valence-corrected chi connectivity index (χ3v) is 3.42. The SMILES string of the molecule is CN(CCC1CCNC1)Cc1cccc(F)c1. The van der Waals surface area contributed by atoms with Gasteiger partial charge in [-0.1, -0.05) is 12.1 Å². The molecule has 2 rings (SSSR count). The maximum absolute atomic E-state index is 13.0. The van der Waals surface area contributed by atoms with Gasteiger partial charge in [0.1, 0.15) is 5.82 Å². The van der Waals surface area contributed by atoms with Crippen molar-refractivity contribution in [3.8, 4) is 0 Å². The van der Waals surface area contributed by atoms with Gasteiger partial charge in [-0.05, 0) is 63.1 Å². The number of halogens is 1. The van der Waals surface area contributed by atoms with Crippen LogP contribution in [0, 0.1) is 11.7 Å². The van der Waals surface area contributed by atoms with E-state index in [4.69, 9.17) is 0 Å². The van der Waals surface area contributed by atoms with Gasteiger partial charge in [-0.3, -0.25) is 0 Å². The number of hydrogen-bond acceptors (Lipinski definition) is 2. The minimum absolute atomic E-state index is 0.143. The predicted octanol–water partition coefficient (Wildman–Crippen LogP) is 2.26. The molecular formula is C14H21FN2. The van der Waals surface area contributed by atoms with Gasteiger partial charge >= 0.3 is 0 Å². The second-order valence-electron chi connectivity index (χ2n) is 5.02. The summed E-state index contributed by atoms with van der Waals surface area (Å²) in [6, 6.07) is 6.87. The lowest BCUT2D eigenvalue weighted by atomic mass is 10.0. The van der Waals surface area contributed by atoms with Crippen LogP contribution in [0.15, 0.2) is 24.3 Å². The van der Waals surface area contributed by atoms with E-state index >= 15 is 0 Å². The maximum atomic E-state index is 13.0. The van der Waals surface area contributed by atoms with Crippen LogP contribution in [0.2, 0.25) is 0 Å². The number of rotatable bonds is 5. The van der Waals surface area contributed by atoms with Crippen molar-refractivity contribution in [3.63, 3.8) is 0 Å². The number of hydrogen-bond donors (Lipinski definition) is 1. The molecule has 1 heterocycles. The summed E-state index contributed by atoms with van der Waals surface area (Å²) >= 11 is 0. The molecular weight excluding hydrogens is 215 g/mol. The van der Waals surface area contributed by atoms with Crippen LogP contribution in [0.1, 0.15) is 18.4 Å². The van der Waals surface area contributed by atoms with Crippen molar-refractivity contribution in [2.75, 3.05) is 26.7 Å². The summed E-state index contributed by atoms with van der Waals surface area (Å²) in [5.74, 6) is 0.681. The van der Waals surface area contributed by atoms with E-state index in [0.29, 0.717) is 0 Å². The minimum atomic E-state index is -0.143. The molecule has 1 N–H and O–H groups in total. The van der Waals surface area contributed by atoms with Gasteiger partial charge in [-0.15, -0.1) is 0 Å². The largest absolute Gasteiger partial charge is 0.316 e. The molecule has 0 spiro atoms. The molecule has 1 aromatic carbocycles. The molecule has 0 radical (unpaired) electrons. The van der Waals surface area contributed by atoms with E-state index in [1.165, 1.54) is 18.9 Å². The first-order valence-corrected chi connectivity index (χ1v) is 6.38. The third kappa shape index (κ3) is 4.10. The van der Waals surface area contributed by atoms with Crippen molar-refractivity contribution in [3.05, 3.63) is 35.6 Å². The van der Waals surface area contributed by atoms with Gasteiger partial charge in [0.05, 0.1) is 0 Å². The Kier molecular flexibility index (Phi) is 4.51. The lowest BCUT2D eigenvalue weighted by molar-refractivity contribution is 0.298. The van der Waals surface area contributed by atoms with Gasteiger partial charge < -0.3 is 10.2 Å². The summed E-state index contributed by atoms with van der Waals surface area (Å²) in [5.41, 5.74) is 1.05. The Bertz CT molecular complexity index is 348. The Hall–Kier alpha value is -0.930. The molecule has 0 aromatic heterocycles. The second kappa shape index (κ2) is 6.12. The van der Waals surface area contributed by atoms with E-state index in [0.717, 1.165) is 37.7 Å². The van der Waals surface area contributed by atoms with Gasteiger partial charge in [-0.2, -0.15) is 0 Å². The molecule has 1 unspecified atom stereocenters. The summed E-state index contributed by atoms with van der Waals surface area (Å²) in [7, 11) is 2.10. The summed E-state index contributed by atoms with van der Waals surface area (Å²) < 4.78 is 13.0. The quantitative estimate of drug-likeness (QED) is 0.843. The molecule has 1 saturated heterocycles. The monoisotopic (exact) mass is 236 g/mol. The average Bonchev–Trinajstić information content (AvgIpc) is 2.79. The van der Waals surface area contributed by atoms with Crippen molar-refractivity contribution in [2.45, 2.75) is 19.4 Å². The van der Waals surface area contributed by atoms with E-state index in [-0.39, 0.29) is 5.82 Å². The van der Waals surface area contributed by atoms with Gasteiger partial charge in [0.2, 0.25) is 0 Å². The Morgan fingerprint density at radius 3 is 3.06 bits per heavy atom. The summed E-state index contributed by atoms with van der Waals surface area (Å²) in [6.07, 6.45) is 2.53. The third-order valence-electron chi connectivity index (χ3n) is 3.42. The minimum Gasteiger partial charge on any atom is -0.316 e. The Balaban J connectivity index is 1.74. The van der Waals surface area contributed by atoms with Crippen LogP contribution in [0.4, 0.5) is 4.39 Å². The van der Waals surface area contributed by atoms with Crippen LogP contribution in [-0.4, -0.2) is 31.6 Å². The summed E-state index contributed by atoms with van der Waals surface area (Å²) in [5, 5.41) is 3.39. The average molecular weight is 236 g/mol. The zero-order valence-corrected chi connectivity index (χ0v) is 10.5. The van der Waals surface area contributed by atoms with Crippen molar-refractivity contribution in [1.82, 2.24) is 10.2 Å². The molecule has 0 bridgehead atoms. The fraction of sp³-hybridized carbons (Fsp3) is 0.571. The first-order valence-electron chi connectivity index (χ1n) is 6.38. The normalized spacial score (nSPS) is 20.1. The van der Waals surface area contributed by atoms with Gasteiger partial charge in [0.15, 0.2) is 0 Å². The lowest BCUT2D eigenvalue weighted by Crippen LogP contribution is -2.22. The highest BCUT2D eigenvalue weighted by Crippen LogP contribution is 2.13. The summed E-state index contributed by atoms with van der Waals surface area (Å²) in [4.78, 5) is 2.27. The van der Waals surface area contributed by atoms with Crippen LogP contribution >= 0.6 is 0 Å². The van der Waals surface area contributed by atoms with Crippen LogP contribution < -0.4 is 5.32 Å². The van der Waals surface area contributed by atoms with E-state index in [2.05, 4.69) is 17.3 Å². The number of nitrogens with one attached hydrogen (secondary N) is 1. The standard InChI is InChI=1S/C14H21FN2/c1-17(8-6-12-5-7-16-10-12)11-13-3-2-4-14(15)9-13/h2-4,9,12,16H,5-8,10-11H2,1H3. The van der Waals surface area contributed by atoms with Crippen molar-refractivity contribution in [2.24, 2.45) is 5.92 Å². The molecule has 0 amide bonds. The number of nitrogens with zero attached hydrogens (tertiary/aromatic N) is 1. The fourth-order valence-corrected chi connectivity index (χ4v) is 2.39. The smallest absolute Gasteiger partial charge is 0.123 e. The van der Waals surface area contributed by atoms with Gasteiger partial charge in [0, 0.05) is 6.54 Å². The zero-order valence-electron chi connectivity index (χ0n) is 10.5. The number of benzene rings is 1. The van der Waals surface area contributed by atoms with E-state index < -0.39 is 0 Å². The predicted molar refractivity (Wildman–Crippen MR) is 68.3 cm³/mol. The van der Waals surface area contributed by atoms with Gasteiger partial charge in [-0.25, -0.2) is 4.39 Å². The first-order chi connectivity index (χ1) is 8.24. The van der Waals surface area contributed by atoms with Crippen LogP contribution in [-0.2, 0) is 6.54 Å². The molecule has 3 heteroatoms.